The normalized spacial score (nSPS) is 17.0. The molecule has 0 saturated heterocycles. The molecule has 0 fully saturated rings. The molecule has 3 atom stereocenters. The zero-order valence-electron chi connectivity index (χ0n) is 30.0. The number of alkyl halides is 3. The van der Waals surface area contributed by atoms with Crippen molar-refractivity contribution in [1.82, 2.24) is 9.80 Å². The Labute approximate surface area is 296 Å². The van der Waals surface area contributed by atoms with Crippen LogP contribution in [0.15, 0.2) is 66.7 Å². The third-order valence-corrected chi connectivity index (χ3v) is 8.29. The van der Waals surface area contributed by atoms with E-state index in [4.69, 9.17) is 18.9 Å². The average molecular weight is 714 g/mol. The molecule has 0 spiro atoms. The second-order valence-electron chi connectivity index (χ2n) is 13.8. The van der Waals surface area contributed by atoms with Crippen molar-refractivity contribution >= 4 is 23.6 Å². The molecule has 3 aromatic rings. The van der Waals surface area contributed by atoms with Gasteiger partial charge in [0.25, 0.3) is 5.91 Å². The fraction of sp³-hybridized carbons (Fsp3) is 0.447. The number of fused-ring (bicyclic) bond motifs is 1. The van der Waals surface area contributed by atoms with Crippen LogP contribution in [0, 0.1) is 5.92 Å². The first-order valence-electron chi connectivity index (χ1n) is 16.7. The number of benzene rings is 3. The van der Waals surface area contributed by atoms with E-state index in [9.17, 15) is 27.6 Å². The first-order chi connectivity index (χ1) is 23.9. The smallest absolute Gasteiger partial charge is 0.416 e. The second kappa shape index (κ2) is 16.5. The van der Waals surface area contributed by atoms with Crippen molar-refractivity contribution < 1.29 is 46.5 Å². The van der Waals surface area contributed by atoms with E-state index in [0.717, 1.165) is 23.4 Å². The maximum atomic E-state index is 14.2. The SMILES string of the molecule is COc1ccc(COC[C@H](C)N2C[C@@H](C)[C@@H](CN(C)C(=O)OC(C)(C)C)Oc3c(NC(=O)Cc4ccc(C(F)(F)F)cc4)cccc3C2=O)cc1. The van der Waals surface area contributed by atoms with E-state index in [1.807, 2.05) is 38.1 Å². The molecule has 0 bridgehead atoms. The molecular formula is C38H46F3N3O7. The highest BCUT2D eigenvalue weighted by molar-refractivity contribution is 6.02. The number of ether oxygens (including phenoxy) is 4. The molecule has 1 N–H and O–H groups in total. The number of nitrogens with zero attached hydrogens (tertiary/aromatic N) is 2. The monoisotopic (exact) mass is 713 g/mol. The summed E-state index contributed by atoms with van der Waals surface area (Å²) in [7, 11) is 3.19. The van der Waals surface area contributed by atoms with Crippen molar-refractivity contribution in [2.45, 2.75) is 71.6 Å². The minimum absolute atomic E-state index is 0.105. The summed E-state index contributed by atoms with van der Waals surface area (Å²) >= 11 is 0. The van der Waals surface area contributed by atoms with Gasteiger partial charge < -0.3 is 34.1 Å². The molecule has 1 aliphatic rings. The van der Waals surface area contributed by atoms with Crippen LogP contribution in [0.2, 0.25) is 0 Å². The number of nitrogens with one attached hydrogen (secondary N) is 1. The number of halogens is 3. The van der Waals surface area contributed by atoms with Crippen molar-refractivity contribution in [2.24, 2.45) is 5.92 Å². The molecule has 3 amide bonds. The number of likely N-dealkylation sites (N-methyl/N-ethyl adjacent to an activating group) is 1. The summed E-state index contributed by atoms with van der Waals surface area (Å²) < 4.78 is 62.5. The number of carbonyl (C=O) groups is 3. The van der Waals surface area contributed by atoms with Crippen molar-refractivity contribution in [3.8, 4) is 11.5 Å². The van der Waals surface area contributed by atoms with Crippen molar-refractivity contribution in [2.75, 3.05) is 39.2 Å². The van der Waals surface area contributed by atoms with Crippen LogP contribution in [0.5, 0.6) is 11.5 Å². The molecule has 0 aromatic heterocycles. The number of para-hydroxylation sites is 1. The van der Waals surface area contributed by atoms with Crippen LogP contribution >= 0.6 is 0 Å². The molecule has 4 rings (SSSR count). The average Bonchev–Trinajstić information content (AvgIpc) is 3.05. The van der Waals surface area contributed by atoms with Crippen molar-refractivity contribution in [3.63, 3.8) is 0 Å². The first kappa shape index (κ1) is 39.0. The molecule has 0 radical (unpaired) electrons. The van der Waals surface area contributed by atoms with Gasteiger partial charge in [0.2, 0.25) is 5.91 Å². The van der Waals surface area contributed by atoms with E-state index in [1.54, 1.807) is 58.0 Å². The van der Waals surface area contributed by atoms with Crippen LogP contribution in [0.3, 0.4) is 0 Å². The summed E-state index contributed by atoms with van der Waals surface area (Å²) in [5.74, 6) is -0.306. The summed E-state index contributed by atoms with van der Waals surface area (Å²) in [6.45, 7) is 10.0. The fourth-order valence-electron chi connectivity index (χ4n) is 5.50. The predicted octanol–water partition coefficient (Wildman–Crippen LogP) is 7.21. The molecule has 1 aliphatic heterocycles. The van der Waals surface area contributed by atoms with Gasteiger partial charge in [-0.05, 0) is 75.2 Å². The first-order valence-corrected chi connectivity index (χ1v) is 16.7. The number of hydrogen-bond donors (Lipinski definition) is 1. The fourth-order valence-corrected chi connectivity index (χ4v) is 5.50. The molecule has 0 unspecified atom stereocenters. The van der Waals surface area contributed by atoms with E-state index >= 15 is 0 Å². The van der Waals surface area contributed by atoms with Gasteiger partial charge in [-0.1, -0.05) is 37.3 Å². The third kappa shape index (κ3) is 10.9. The Morgan fingerprint density at radius 2 is 1.67 bits per heavy atom. The lowest BCUT2D eigenvalue weighted by atomic mass is 9.99. The van der Waals surface area contributed by atoms with E-state index in [2.05, 4.69) is 5.32 Å². The van der Waals surface area contributed by atoms with Crippen LogP contribution in [0.1, 0.15) is 61.7 Å². The molecule has 13 heteroatoms. The van der Waals surface area contributed by atoms with E-state index in [1.165, 1.54) is 17.0 Å². The van der Waals surface area contributed by atoms with Crippen molar-refractivity contribution in [3.05, 3.63) is 89.0 Å². The standard InChI is InChI=1S/C38H46F3N3O7/c1-24-20-44(25(2)22-49-23-27-13-17-29(48-7)18-14-27)35(46)30-9-8-10-31(34(30)50-32(24)21-43(6)36(47)51-37(3,4)5)42-33(45)19-26-11-15-28(16-12-26)38(39,40)41/h8-18,24-25,32H,19-23H2,1-7H3,(H,42,45)/t24-,25+,32-/m1/s1. The highest BCUT2D eigenvalue weighted by Crippen LogP contribution is 2.35. The lowest BCUT2D eigenvalue weighted by Gasteiger charge is -2.39. The van der Waals surface area contributed by atoms with Gasteiger partial charge in [-0.15, -0.1) is 0 Å². The van der Waals surface area contributed by atoms with Crippen LogP contribution in [0.4, 0.5) is 23.7 Å². The van der Waals surface area contributed by atoms with Crippen LogP contribution in [-0.2, 0) is 33.5 Å². The van der Waals surface area contributed by atoms with Crippen LogP contribution < -0.4 is 14.8 Å². The maximum absolute atomic E-state index is 14.2. The summed E-state index contributed by atoms with van der Waals surface area (Å²) in [6, 6.07) is 16.3. The molecule has 10 nitrogen and oxygen atoms in total. The van der Waals surface area contributed by atoms with E-state index in [0.29, 0.717) is 12.2 Å². The molecule has 3 aromatic carbocycles. The largest absolute Gasteiger partial charge is 0.497 e. The zero-order chi connectivity index (χ0) is 37.5. The molecular weight excluding hydrogens is 667 g/mol. The summed E-state index contributed by atoms with van der Waals surface area (Å²) in [4.78, 5) is 43.4. The number of hydrogen-bond acceptors (Lipinski definition) is 7. The Balaban J connectivity index is 1.59. The molecule has 0 aliphatic carbocycles. The van der Waals surface area contributed by atoms with Gasteiger partial charge in [0.1, 0.15) is 17.5 Å². The van der Waals surface area contributed by atoms with E-state index in [-0.39, 0.29) is 61.0 Å². The highest BCUT2D eigenvalue weighted by atomic mass is 19.4. The van der Waals surface area contributed by atoms with Gasteiger partial charge in [-0.2, -0.15) is 13.2 Å². The third-order valence-electron chi connectivity index (χ3n) is 8.29. The van der Waals surface area contributed by atoms with Gasteiger partial charge >= 0.3 is 12.3 Å². The summed E-state index contributed by atoms with van der Waals surface area (Å²) in [6.07, 6.45) is -5.90. The van der Waals surface area contributed by atoms with Gasteiger partial charge in [-0.25, -0.2) is 4.79 Å². The van der Waals surface area contributed by atoms with Crippen LogP contribution in [-0.4, -0.2) is 79.3 Å². The zero-order valence-corrected chi connectivity index (χ0v) is 30.0. The number of methoxy groups -OCH3 is 1. The minimum atomic E-state index is -4.50. The van der Waals surface area contributed by atoms with Crippen LogP contribution in [0.25, 0.3) is 0 Å². The Hall–Kier alpha value is -4.78. The van der Waals surface area contributed by atoms with Gasteiger partial charge in [0.15, 0.2) is 5.75 Å². The molecule has 51 heavy (non-hydrogen) atoms. The number of carbonyl (C=O) groups excluding carboxylic acids is 3. The Kier molecular flexibility index (Phi) is 12.6. The highest BCUT2D eigenvalue weighted by Gasteiger charge is 2.36. The quantitative estimate of drug-likeness (QED) is 0.224. The lowest BCUT2D eigenvalue weighted by molar-refractivity contribution is -0.137. The minimum Gasteiger partial charge on any atom is -0.497 e. The second-order valence-corrected chi connectivity index (χ2v) is 13.8. The Morgan fingerprint density at radius 3 is 2.27 bits per heavy atom. The van der Waals surface area contributed by atoms with Gasteiger partial charge in [-0.3, -0.25) is 9.59 Å². The molecule has 276 valence electrons. The number of amides is 3. The Bertz CT molecular complexity index is 1660. The predicted molar refractivity (Wildman–Crippen MR) is 186 cm³/mol. The lowest BCUT2D eigenvalue weighted by Crippen LogP contribution is -2.50. The summed E-state index contributed by atoms with van der Waals surface area (Å²) in [5, 5.41) is 2.78. The topological polar surface area (TPSA) is 107 Å². The number of rotatable bonds is 11. The van der Waals surface area contributed by atoms with E-state index < -0.39 is 35.4 Å². The maximum Gasteiger partial charge on any atom is 0.416 e. The Morgan fingerprint density at radius 1 is 1.02 bits per heavy atom. The van der Waals surface area contributed by atoms with Gasteiger partial charge in [0.05, 0.1) is 56.1 Å². The molecule has 0 saturated carbocycles. The summed E-state index contributed by atoms with van der Waals surface area (Å²) in [5.41, 5.74) is 0.179. The van der Waals surface area contributed by atoms with Crippen molar-refractivity contribution in [1.29, 1.82) is 0 Å². The number of anilines is 1. The molecule has 1 heterocycles. The van der Waals surface area contributed by atoms with Gasteiger partial charge in [0, 0.05) is 19.5 Å².